The summed E-state index contributed by atoms with van der Waals surface area (Å²) in [5.41, 5.74) is 1.49. The molecule has 1 aliphatic heterocycles. The second-order valence-electron chi connectivity index (χ2n) is 5.33. The van der Waals surface area contributed by atoms with E-state index in [1.807, 2.05) is 0 Å². The maximum absolute atomic E-state index is 12.5. The van der Waals surface area contributed by atoms with Gasteiger partial charge in [0.25, 0.3) is 0 Å². The Bertz CT molecular complexity index is 641. The highest BCUT2D eigenvalue weighted by atomic mass is 32.8. The van der Waals surface area contributed by atoms with Crippen LogP contribution in [0.4, 0.5) is 11.4 Å². The summed E-state index contributed by atoms with van der Waals surface area (Å²) >= 11 is 8.87. The molecule has 2 rings (SSSR count). The van der Waals surface area contributed by atoms with E-state index in [-0.39, 0.29) is 18.4 Å². The van der Waals surface area contributed by atoms with Crippen LogP contribution in [0.5, 0.6) is 0 Å². The van der Waals surface area contributed by atoms with Crippen molar-refractivity contribution in [2.45, 2.75) is 12.5 Å². The molecular formula is C14H20N4O3S3. The smallest absolute Gasteiger partial charge is 0.246 e. The molecule has 0 radical (unpaired) electrons. The van der Waals surface area contributed by atoms with E-state index in [1.54, 1.807) is 48.2 Å². The molecule has 132 valence electrons. The van der Waals surface area contributed by atoms with Gasteiger partial charge in [0.15, 0.2) is 0 Å². The van der Waals surface area contributed by atoms with Crippen molar-refractivity contribution in [3.8, 4) is 0 Å². The Morgan fingerprint density at radius 2 is 2.12 bits per heavy atom. The number of hydrogen-bond donors (Lipinski definition) is 3. The van der Waals surface area contributed by atoms with Crippen LogP contribution < -0.4 is 15.1 Å². The molecule has 0 bridgehead atoms. The molecule has 1 aliphatic rings. The van der Waals surface area contributed by atoms with Crippen LogP contribution >= 0.6 is 12.8 Å². The van der Waals surface area contributed by atoms with Gasteiger partial charge in [-0.1, -0.05) is 12.8 Å². The van der Waals surface area contributed by atoms with E-state index in [2.05, 4.69) is 18.1 Å². The topological polar surface area (TPSA) is 76.1 Å². The molecule has 1 aromatic rings. The van der Waals surface area contributed by atoms with Gasteiger partial charge in [-0.15, -0.1) is 0 Å². The zero-order chi connectivity index (χ0) is 17.9. The Hall–Kier alpha value is -1.04. The molecule has 24 heavy (non-hydrogen) atoms. The van der Waals surface area contributed by atoms with Crippen molar-refractivity contribution in [3.63, 3.8) is 0 Å². The van der Waals surface area contributed by atoms with Crippen LogP contribution in [0.15, 0.2) is 24.3 Å². The number of thiol groups is 1. The summed E-state index contributed by atoms with van der Waals surface area (Å²) in [5.74, 6) is -0.192. The minimum Gasteiger partial charge on any atom is -0.315 e. The minimum atomic E-state index is -1.48. The van der Waals surface area contributed by atoms with Gasteiger partial charge >= 0.3 is 0 Å². The van der Waals surface area contributed by atoms with Crippen molar-refractivity contribution in [2.24, 2.45) is 0 Å². The van der Waals surface area contributed by atoms with Gasteiger partial charge < -0.3 is 19.7 Å². The fraction of sp³-hybridized carbons (Fsp3) is 0.429. The first-order chi connectivity index (χ1) is 11.4. The number of nitrogens with zero attached hydrogens (tertiary/aromatic N) is 3. The van der Waals surface area contributed by atoms with Crippen molar-refractivity contribution in [1.29, 1.82) is 0 Å². The molecule has 2 atom stereocenters. The standard InChI is InChI=1S/C14H20N4O3S3/c1-15-9-13(19)16(2)10-3-5-11(6-4-10)17-8-7-12(14(17)20)18(22)24(21)23/h3-6,12,15,22H,7-9H2,1-2H3,(H,21,23). The molecule has 0 aliphatic carbocycles. The van der Waals surface area contributed by atoms with Crippen LogP contribution in [0.25, 0.3) is 0 Å². The van der Waals surface area contributed by atoms with Crippen molar-refractivity contribution in [2.75, 3.05) is 37.0 Å². The normalized spacial score (nSPS) is 19.0. The number of nitrogens with one attached hydrogen (secondary N) is 1. The fourth-order valence-corrected chi connectivity index (χ4v) is 3.44. The molecule has 1 aromatic carbocycles. The van der Waals surface area contributed by atoms with Gasteiger partial charge in [-0.05, 0) is 48.9 Å². The summed E-state index contributed by atoms with van der Waals surface area (Å²) in [6, 6.07) is 6.66. The number of carbonyl (C=O) groups excluding carboxylic acids is 2. The number of likely N-dealkylation sites (N-methyl/N-ethyl adjacent to an activating group) is 2. The van der Waals surface area contributed by atoms with Crippen LogP contribution in [-0.2, 0) is 30.7 Å². The highest BCUT2D eigenvalue weighted by Crippen LogP contribution is 2.27. The van der Waals surface area contributed by atoms with Gasteiger partial charge in [0.2, 0.25) is 11.8 Å². The molecule has 2 N–H and O–H groups in total. The van der Waals surface area contributed by atoms with E-state index >= 15 is 0 Å². The molecule has 10 heteroatoms. The second-order valence-corrected chi connectivity index (χ2v) is 7.78. The van der Waals surface area contributed by atoms with E-state index in [4.69, 9.17) is 11.2 Å². The van der Waals surface area contributed by atoms with Gasteiger partial charge in [0, 0.05) is 25.0 Å². The molecule has 0 spiro atoms. The van der Waals surface area contributed by atoms with Crippen LogP contribution in [0.1, 0.15) is 6.42 Å². The SMILES string of the molecule is CNCC(=O)N(C)c1ccc(N2CCC(N(S)S(O)=S)C2=O)cc1. The first-order valence-corrected chi connectivity index (χ1v) is 9.75. The predicted octanol–water partition coefficient (Wildman–Crippen LogP) is 0.589. The summed E-state index contributed by atoms with van der Waals surface area (Å²) < 4.78 is 10.6. The van der Waals surface area contributed by atoms with Crippen molar-refractivity contribution in [1.82, 2.24) is 9.03 Å². The van der Waals surface area contributed by atoms with E-state index in [9.17, 15) is 14.1 Å². The zero-order valence-electron chi connectivity index (χ0n) is 13.4. The Morgan fingerprint density at radius 3 is 2.67 bits per heavy atom. The molecular weight excluding hydrogens is 368 g/mol. The molecule has 1 fully saturated rings. The third-order valence-corrected chi connectivity index (χ3v) is 5.99. The highest BCUT2D eigenvalue weighted by Gasteiger charge is 2.37. The van der Waals surface area contributed by atoms with E-state index in [1.165, 1.54) is 3.71 Å². The maximum Gasteiger partial charge on any atom is 0.246 e. The lowest BCUT2D eigenvalue weighted by Crippen LogP contribution is -2.37. The van der Waals surface area contributed by atoms with Gasteiger partial charge in [0.05, 0.1) is 16.5 Å². The first-order valence-electron chi connectivity index (χ1n) is 7.28. The molecule has 0 saturated carbocycles. The average Bonchev–Trinajstić information content (AvgIpc) is 2.95. The summed E-state index contributed by atoms with van der Waals surface area (Å²) in [5, 5.41) is 2.82. The lowest BCUT2D eigenvalue weighted by molar-refractivity contribution is -0.119. The third kappa shape index (κ3) is 4.13. The Labute approximate surface area is 154 Å². The minimum absolute atomic E-state index is 0.0475. The Kier molecular flexibility index (Phi) is 6.72. The van der Waals surface area contributed by atoms with Gasteiger partial charge in [0.1, 0.15) is 6.04 Å². The number of benzene rings is 1. The third-order valence-electron chi connectivity index (χ3n) is 3.85. The summed E-state index contributed by atoms with van der Waals surface area (Å²) in [7, 11) is 1.95. The van der Waals surface area contributed by atoms with Crippen LogP contribution in [0, 0.1) is 0 Å². The molecule has 7 nitrogen and oxygen atoms in total. The van der Waals surface area contributed by atoms with Crippen LogP contribution in [0.3, 0.4) is 0 Å². The average molecular weight is 389 g/mol. The monoisotopic (exact) mass is 388 g/mol. The van der Waals surface area contributed by atoms with E-state index in [0.29, 0.717) is 13.0 Å². The fourth-order valence-electron chi connectivity index (χ4n) is 2.51. The van der Waals surface area contributed by atoms with E-state index < -0.39 is 16.0 Å². The summed E-state index contributed by atoms with van der Waals surface area (Å²) in [6.45, 7) is 0.785. The molecule has 2 amide bonds. The molecule has 1 saturated heterocycles. The largest absolute Gasteiger partial charge is 0.315 e. The lowest BCUT2D eigenvalue weighted by Gasteiger charge is -2.22. The van der Waals surface area contributed by atoms with Gasteiger partial charge in [-0.25, -0.2) is 0 Å². The number of rotatable bonds is 6. The van der Waals surface area contributed by atoms with Crippen LogP contribution in [0.2, 0.25) is 0 Å². The van der Waals surface area contributed by atoms with Crippen molar-refractivity contribution in [3.05, 3.63) is 24.3 Å². The number of amides is 2. The highest BCUT2D eigenvalue weighted by molar-refractivity contribution is 8.27. The molecule has 2 unspecified atom stereocenters. The summed E-state index contributed by atoms with van der Waals surface area (Å²) in [4.78, 5) is 27.5. The lowest BCUT2D eigenvalue weighted by atomic mass is 10.2. The summed E-state index contributed by atoms with van der Waals surface area (Å²) in [6.07, 6.45) is 0.547. The number of carbonyl (C=O) groups is 2. The Balaban J connectivity index is 2.10. The van der Waals surface area contributed by atoms with Crippen LogP contribution in [-0.4, -0.2) is 53.3 Å². The number of anilines is 2. The molecule has 1 heterocycles. The Morgan fingerprint density at radius 1 is 1.50 bits per heavy atom. The van der Waals surface area contributed by atoms with Crippen molar-refractivity contribution < 1.29 is 14.1 Å². The second kappa shape index (κ2) is 8.37. The quantitative estimate of drug-likeness (QED) is 0.620. The van der Waals surface area contributed by atoms with Crippen molar-refractivity contribution >= 4 is 57.1 Å². The first kappa shape index (κ1) is 19.3. The van der Waals surface area contributed by atoms with Gasteiger partial charge in [-0.3, -0.25) is 9.59 Å². The maximum atomic E-state index is 12.5. The number of hydrogen-bond acceptors (Lipinski definition) is 5. The van der Waals surface area contributed by atoms with Gasteiger partial charge in [-0.2, -0.15) is 3.71 Å². The van der Waals surface area contributed by atoms with E-state index in [0.717, 1.165) is 11.4 Å². The molecule has 0 aromatic heterocycles. The predicted molar refractivity (Wildman–Crippen MR) is 103 cm³/mol. The zero-order valence-corrected chi connectivity index (χ0v) is 15.9.